The van der Waals surface area contributed by atoms with E-state index >= 15 is 0 Å². The fourth-order valence-corrected chi connectivity index (χ4v) is 2.10. The number of rotatable bonds is 2. The van der Waals surface area contributed by atoms with Crippen LogP contribution in [-0.4, -0.2) is 7.05 Å². The smallest absolute Gasteiger partial charge is 0.0912 e. The van der Waals surface area contributed by atoms with E-state index in [1.807, 2.05) is 12.1 Å². The van der Waals surface area contributed by atoms with Crippen LogP contribution in [0.4, 0.5) is 5.69 Å². The van der Waals surface area contributed by atoms with Gasteiger partial charge in [-0.1, -0.05) is 17.7 Å². The van der Waals surface area contributed by atoms with Gasteiger partial charge in [-0.25, -0.2) is 0 Å². The summed E-state index contributed by atoms with van der Waals surface area (Å²) >= 11 is 9.37. The summed E-state index contributed by atoms with van der Waals surface area (Å²) in [4.78, 5) is 0. The Bertz CT molecular complexity index is 407. The van der Waals surface area contributed by atoms with Crippen LogP contribution in [0.2, 0.25) is 5.02 Å². The SMILES string of the molecule is CNc1c(Cl)ccc(/C=C/C#N)c1Br. The topological polar surface area (TPSA) is 35.8 Å². The first-order chi connectivity index (χ1) is 6.70. The third-order valence-electron chi connectivity index (χ3n) is 1.71. The maximum atomic E-state index is 8.41. The zero-order chi connectivity index (χ0) is 10.6. The molecule has 14 heavy (non-hydrogen) atoms. The fourth-order valence-electron chi connectivity index (χ4n) is 1.05. The van der Waals surface area contributed by atoms with Crippen molar-refractivity contribution >= 4 is 39.3 Å². The predicted octanol–water partition coefficient (Wildman–Crippen LogP) is 3.68. The van der Waals surface area contributed by atoms with Crippen molar-refractivity contribution in [2.45, 2.75) is 0 Å². The van der Waals surface area contributed by atoms with E-state index in [0.717, 1.165) is 15.7 Å². The summed E-state index contributed by atoms with van der Waals surface area (Å²) in [6, 6.07) is 5.58. The zero-order valence-corrected chi connectivity index (χ0v) is 9.85. The lowest BCUT2D eigenvalue weighted by Crippen LogP contribution is -1.92. The van der Waals surface area contributed by atoms with Crippen molar-refractivity contribution in [3.8, 4) is 6.07 Å². The Morgan fingerprint density at radius 2 is 2.29 bits per heavy atom. The van der Waals surface area contributed by atoms with E-state index in [1.165, 1.54) is 6.08 Å². The molecule has 1 rings (SSSR count). The lowest BCUT2D eigenvalue weighted by Gasteiger charge is -2.08. The third-order valence-corrected chi connectivity index (χ3v) is 2.88. The average molecular weight is 272 g/mol. The quantitative estimate of drug-likeness (QED) is 0.833. The van der Waals surface area contributed by atoms with E-state index in [9.17, 15) is 0 Å². The molecule has 0 aromatic heterocycles. The molecule has 0 aliphatic heterocycles. The van der Waals surface area contributed by atoms with Crippen LogP contribution in [0, 0.1) is 11.3 Å². The number of nitriles is 1. The zero-order valence-electron chi connectivity index (χ0n) is 7.51. The van der Waals surface area contributed by atoms with Crippen molar-refractivity contribution < 1.29 is 0 Å². The molecule has 1 aromatic rings. The van der Waals surface area contributed by atoms with Crippen LogP contribution in [-0.2, 0) is 0 Å². The van der Waals surface area contributed by atoms with Crippen LogP contribution in [0.3, 0.4) is 0 Å². The Morgan fingerprint density at radius 3 is 2.86 bits per heavy atom. The van der Waals surface area contributed by atoms with Gasteiger partial charge in [0, 0.05) is 17.6 Å². The number of allylic oxidation sites excluding steroid dienone is 1. The van der Waals surface area contributed by atoms with E-state index in [1.54, 1.807) is 19.2 Å². The molecule has 4 heteroatoms. The normalized spacial score (nSPS) is 10.1. The highest BCUT2D eigenvalue weighted by molar-refractivity contribution is 9.10. The molecule has 0 unspecified atom stereocenters. The van der Waals surface area contributed by atoms with E-state index in [0.29, 0.717) is 5.02 Å². The van der Waals surface area contributed by atoms with Gasteiger partial charge in [0.1, 0.15) is 0 Å². The van der Waals surface area contributed by atoms with Crippen molar-refractivity contribution in [2.75, 3.05) is 12.4 Å². The molecule has 72 valence electrons. The van der Waals surface area contributed by atoms with Crippen LogP contribution < -0.4 is 5.32 Å². The average Bonchev–Trinajstić information content (AvgIpc) is 2.18. The minimum absolute atomic E-state index is 0.647. The molecule has 0 fully saturated rings. The maximum Gasteiger partial charge on any atom is 0.0912 e. The molecular formula is C10H8BrClN2. The summed E-state index contributed by atoms with van der Waals surface area (Å²) in [6.45, 7) is 0. The number of nitrogens with one attached hydrogen (secondary N) is 1. The molecule has 0 amide bonds. The molecule has 2 nitrogen and oxygen atoms in total. The number of nitrogens with zero attached hydrogens (tertiary/aromatic N) is 1. The van der Waals surface area contributed by atoms with E-state index in [4.69, 9.17) is 16.9 Å². The minimum atomic E-state index is 0.647. The Kier molecular flexibility index (Phi) is 3.99. The summed E-state index contributed by atoms with van der Waals surface area (Å²) in [5, 5.41) is 12.0. The Labute approximate surface area is 96.3 Å². The molecule has 0 aliphatic rings. The molecule has 0 heterocycles. The fraction of sp³-hybridized carbons (Fsp3) is 0.100. The molecular weight excluding hydrogens is 263 g/mol. The van der Waals surface area contributed by atoms with Crippen LogP contribution in [0.25, 0.3) is 6.08 Å². The van der Waals surface area contributed by atoms with E-state index in [-0.39, 0.29) is 0 Å². The van der Waals surface area contributed by atoms with Crippen LogP contribution >= 0.6 is 27.5 Å². The molecule has 0 saturated heterocycles. The van der Waals surface area contributed by atoms with E-state index < -0.39 is 0 Å². The molecule has 0 radical (unpaired) electrons. The van der Waals surface area contributed by atoms with Gasteiger partial charge in [-0.3, -0.25) is 0 Å². The predicted molar refractivity (Wildman–Crippen MR) is 63.3 cm³/mol. The van der Waals surface area contributed by atoms with Gasteiger partial charge in [-0.05, 0) is 33.6 Å². The summed E-state index contributed by atoms with van der Waals surface area (Å²) < 4.78 is 0.860. The van der Waals surface area contributed by atoms with Gasteiger partial charge in [-0.2, -0.15) is 5.26 Å². The van der Waals surface area contributed by atoms with Crippen LogP contribution in [0.1, 0.15) is 5.56 Å². The van der Waals surface area contributed by atoms with Crippen molar-refractivity contribution in [3.63, 3.8) is 0 Å². The molecule has 0 atom stereocenters. The maximum absolute atomic E-state index is 8.41. The Balaban J connectivity index is 3.22. The largest absolute Gasteiger partial charge is 0.386 e. The lowest BCUT2D eigenvalue weighted by atomic mass is 10.2. The first kappa shape index (κ1) is 11.1. The monoisotopic (exact) mass is 270 g/mol. The van der Waals surface area contributed by atoms with E-state index in [2.05, 4.69) is 21.2 Å². The van der Waals surface area contributed by atoms with Crippen molar-refractivity contribution in [2.24, 2.45) is 0 Å². The van der Waals surface area contributed by atoms with Crippen LogP contribution in [0.15, 0.2) is 22.7 Å². The molecule has 0 spiro atoms. The highest BCUT2D eigenvalue weighted by atomic mass is 79.9. The minimum Gasteiger partial charge on any atom is -0.386 e. The second-order valence-corrected chi connectivity index (χ2v) is 3.74. The number of benzene rings is 1. The van der Waals surface area contributed by atoms with Gasteiger partial charge in [0.15, 0.2) is 0 Å². The van der Waals surface area contributed by atoms with Gasteiger partial charge in [0.2, 0.25) is 0 Å². The Hall–Kier alpha value is -0.980. The third kappa shape index (κ3) is 2.28. The number of anilines is 1. The Morgan fingerprint density at radius 1 is 1.57 bits per heavy atom. The lowest BCUT2D eigenvalue weighted by molar-refractivity contribution is 1.47. The molecule has 1 N–H and O–H groups in total. The van der Waals surface area contributed by atoms with Gasteiger partial charge in [0.25, 0.3) is 0 Å². The summed E-state index contributed by atoms with van der Waals surface area (Å²) in [7, 11) is 1.80. The molecule has 0 bridgehead atoms. The first-order valence-electron chi connectivity index (χ1n) is 3.92. The van der Waals surface area contributed by atoms with Crippen molar-refractivity contribution in [1.82, 2.24) is 0 Å². The second kappa shape index (κ2) is 5.04. The van der Waals surface area contributed by atoms with Crippen molar-refractivity contribution in [3.05, 3.63) is 33.3 Å². The molecule has 0 saturated carbocycles. The molecule has 1 aromatic carbocycles. The van der Waals surface area contributed by atoms with Gasteiger partial charge in [-0.15, -0.1) is 0 Å². The van der Waals surface area contributed by atoms with Crippen LogP contribution in [0.5, 0.6) is 0 Å². The molecule has 0 aliphatic carbocycles. The van der Waals surface area contributed by atoms with Gasteiger partial charge >= 0.3 is 0 Å². The standard InChI is InChI=1S/C10H8BrClN2/c1-14-10-8(12)5-4-7(9(10)11)3-2-6-13/h2-5,14H,1H3/b3-2+. The summed E-state index contributed by atoms with van der Waals surface area (Å²) in [5.74, 6) is 0. The second-order valence-electron chi connectivity index (χ2n) is 2.54. The van der Waals surface area contributed by atoms with Gasteiger partial charge in [0.05, 0.1) is 16.8 Å². The highest BCUT2D eigenvalue weighted by Crippen LogP contribution is 2.33. The number of halogens is 2. The first-order valence-corrected chi connectivity index (χ1v) is 5.09. The number of hydrogen-bond acceptors (Lipinski definition) is 2. The highest BCUT2D eigenvalue weighted by Gasteiger charge is 2.06. The summed E-state index contributed by atoms with van der Waals surface area (Å²) in [5.41, 5.74) is 1.74. The van der Waals surface area contributed by atoms with Crippen molar-refractivity contribution in [1.29, 1.82) is 5.26 Å². The number of hydrogen-bond donors (Lipinski definition) is 1. The van der Waals surface area contributed by atoms with Gasteiger partial charge < -0.3 is 5.32 Å². The summed E-state index contributed by atoms with van der Waals surface area (Å²) in [6.07, 6.45) is 3.15.